The van der Waals surface area contributed by atoms with Gasteiger partial charge in [-0.05, 0) is 90.8 Å². The summed E-state index contributed by atoms with van der Waals surface area (Å²) in [4.78, 5) is 63.3. The Labute approximate surface area is 382 Å². The molecule has 3 unspecified atom stereocenters. The Kier molecular flexibility index (Phi) is 10.1. The van der Waals surface area contributed by atoms with Crippen molar-refractivity contribution in [3.63, 3.8) is 0 Å². The standard InChI is InChI=1S/C50H55FN10O5/c1-2-29-4-3-5-30-19-36(62)20-38(42(29)30)44-43(51)45-39(21-52-44)46(60-23-32-6-7-33(24-60)53-32)56-49(55-45)66-28-50(12-13-50)27-57-25-35(26-57)59-16-14-58(15-17-59)34-8-9-37-31(18-34)22-61(48(37)65)40-10-11-41(63)54-47(40)64/h3-5,8-9,18-21,32-33,35,40,53,62H,2,6-7,10-17,22-28H2,1H3,(H,54,63,64). The van der Waals surface area contributed by atoms with E-state index in [1.807, 2.05) is 30.3 Å². The van der Waals surface area contributed by atoms with E-state index in [-0.39, 0.29) is 46.6 Å². The molecule has 3 aromatic carbocycles. The quantitative estimate of drug-likeness (QED) is 0.158. The van der Waals surface area contributed by atoms with Crippen molar-refractivity contribution in [2.75, 3.05) is 75.3 Å². The van der Waals surface area contributed by atoms with Gasteiger partial charge in [0.25, 0.3) is 5.91 Å². The Morgan fingerprint density at radius 2 is 1.71 bits per heavy atom. The number of hydrogen-bond acceptors (Lipinski definition) is 13. The third-order valence-electron chi connectivity index (χ3n) is 15.5. The van der Waals surface area contributed by atoms with Crippen LogP contribution in [0, 0.1) is 11.2 Å². The second kappa shape index (κ2) is 16.1. The summed E-state index contributed by atoms with van der Waals surface area (Å²) in [5, 5.41) is 19.1. The normalized spacial score (nSPS) is 24.3. The van der Waals surface area contributed by atoms with Crippen LogP contribution in [0.3, 0.4) is 0 Å². The van der Waals surface area contributed by atoms with Gasteiger partial charge in [-0.2, -0.15) is 9.97 Å². The minimum atomic E-state index is -0.615. The highest BCUT2D eigenvalue weighted by molar-refractivity contribution is 6.06. The number of hydrogen-bond donors (Lipinski definition) is 3. The number of aromatic nitrogens is 3. The van der Waals surface area contributed by atoms with E-state index in [1.54, 1.807) is 23.2 Å². The van der Waals surface area contributed by atoms with Crippen LogP contribution in [-0.2, 0) is 22.6 Å². The van der Waals surface area contributed by atoms with Gasteiger partial charge in [-0.25, -0.2) is 4.39 Å². The van der Waals surface area contributed by atoms with Crippen LogP contribution in [0.15, 0.2) is 54.7 Å². The number of ether oxygens (including phenoxy) is 1. The summed E-state index contributed by atoms with van der Waals surface area (Å²) in [6.07, 6.45) is 7.34. The zero-order valence-electron chi connectivity index (χ0n) is 37.3. The lowest BCUT2D eigenvalue weighted by atomic mass is 9.95. The molecule has 1 saturated carbocycles. The molecule has 0 spiro atoms. The number of anilines is 2. The Morgan fingerprint density at radius 3 is 2.47 bits per heavy atom. The lowest BCUT2D eigenvalue weighted by Crippen LogP contribution is -2.63. The Morgan fingerprint density at radius 1 is 0.909 bits per heavy atom. The topological polar surface area (TPSA) is 160 Å². The van der Waals surface area contributed by atoms with E-state index in [2.05, 4.69) is 43.2 Å². The summed E-state index contributed by atoms with van der Waals surface area (Å²) < 4.78 is 23.7. The second-order valence-electron chi connectivity index (χ2n) is 19.8. The van der Waals surface area contributed by atoms with E-state index < -0.39 is 17.8 Å². The number of phenolic OH excluding ortho intramolecular Hbond substituents is 1. The molecule has 66 heavy (non-hydrogen) atoms. The number of imide groups is 1. The van der Waals surface area contributed by atoms with E-state index in [1.165, 1.54) is 0 Å². The molecule has 5 saturated heterocycles. The molecule has 3 N–H and O–H groups in total. The van der Waals surface area contributed by atoms with E-state index in [0.29, 0.717) is 60.0 Å². The van der Waals surface area contributed by atoms with Gasteiger partial charge in [-0.15, -0.1) is 0 Å². The first-order valence-corrected chi connectivity index (χ1v) is 23.8. The van der Waals surface area contributed by atoms with Gasteiger partial charge < -0.3 is 29.9 Å². The molecule has 6 fully saturated rings. The summed E-state index contributed by atoms with van der Waals surface area (Å²) >= 11 is 0. The van der Waals surface area contributed by atoms with Crippen LogP contribution >= 0.6 is 0 Å². The lowest BCUT2D eigenvalue weighted by Gasteiger charge is -2.49. The number of carbonyl (C=O) groups excluding carboxylic acids is 3. The van der Waals surface area contributed by atoms with Crippen molar-refractivity contribution in [2.24, 2.45) is 5.41 Å². The molecule has 0 radical (unpaired) electrons. The molecule has 12 rings (SSSR count). The van der Waals surface area contributed by atoms with Gasteiger partial charge >= 0.3 is 6.01 Å². The number of fused-ring (bicyclic) bond motifs is 5. The number of likely N-dealkylation sites (tertiary alicyclic amines) is 1. The molecule has 342 valence electrons. The molecule has 2 bridgehead atoms. The van der Waals surface area contributed by atoms with E-state index in [4.69, 9.17) is 19.7 Å². The average Bonchev–Trinajstić information content (AvgIpc) is 3.90. The number of carbonyl (C=O) groups is 3. The summed E-state index contributed by atoms with van der Waals surface area (Å²) in [7, 11) is 0. The largest absolute Gasteiger partial charge is 0.508 e. The number of pyridine rings is 1. The highest BCUT2D eigenvalue weighted by atomic mass is 19.1. The molecule has 1 aliphatic carbocycles. The van der Waals surface area contributed by atoms with Gasteiger partial charge in [0.2, 0.25) is 11.8 Å². The maximum Gasteiger partial charge on any atom is 0.319 e. The van der Waals surface area contributed by atoms with Crippen LogP contribution in [0.4, 0.5) is 15.9 Å². The molecule has 16 heteroatoms. The molecule has 6 aliphatic heterocycles. The maximum absolute atomic E-state index is 17.1. The second-order valence-corrected chi connectivity index (χ2v) is 19.8. The van der Waals surface area contributed by atoms with Gasteiger partial charge in [-0.1, -0.05) is 25.1 Å². The summed E-state index contributed by atoms with van der Waals surface area (Å²) in [6.45, 7) is 11.1. The number of halogens is 1. The number of amides is 3. The van der Waals surface area contributed by atoms with Crippen LogP contribution < -0.4 is 25.2 Å². The minimum Gasteiger partial charge on any atom is -0.508 e. The van der Waals surface area contributed by atoms with Crippen molar-refractivity contribution in [3.05, 3.63) is 77.2 Å². The zero-order chi connectivity index (χ0) is 44.8. The fraction of sp³-hybridized carbons (Fsp3) is 0.480. The number of nitrogens with zero attached hydrogens (tertiary/aromatic N) is 8. The first kappa shape index (κ1) is 41.5. The molecule has 5 aromatic rings. The smallest absolute Gasteiger partial charge is 0.319 e. The number of piperidine rings is 1. The number of rotatable bonds is 11. The van der Waals surface area contributed by atoms with Gasteiger partial charge in [0.15, 0.2) is 5.82 Å². The van der Waals surface area contributed by atoms with E-state index in [0.717, 1.165) is 119 Å². The molecule has 3 atom stereocenters. The zero-order valence-corrected chi connectivity index (χ0v) is 37.3. The maximum atomic E-state index is 17.1. The fourth-order valence-electron chi connectivity index (χ4n) is 11.7. The van der Waals surface area contributed by atoms with Gasteiger partial charge in [-0.3, -0.25) is 34.5 Å². The highest BCUT2D eigenvalue weighted by Crippen LogP contribution is 2.48. The third kappa shape index (κ3) is 7.37. The fourth-order valence-corrected chi connectivity index (χ4v) is 11.7. The number of nitrogens with one attached hydrogen (secondary N) is 2. The van der Waals surface area contributed by atoms with Crippen molar-refractivity contribution in [1.82, 2.24) is 40.3 Å². The number of benzene rings is 3. The van der Waals surface area contributed by atoms with Crippen LogP contribution in [0.2, 0.25) is 0 Å². The van der Waals surface area contributed by atoms with Crippen LogP contribution in [0.25, 0.3) is 32.9 Å². The summed E-state index contributed by atoms with van der Waals surface area (Å²) in [6, 6.07) is 16.0. The van der Waals surface area contributed by atoms with Gasteiger partial charge in [0.05, 0.1) is 12.0 Å². The van der Waals surface area contributed by atoms with Crippen LogP contribution in [-0.4, -0.2) is 142 Å². The van der Waals surface area contributed by atoms with Crippen molar-refractivity contribution < 1.29 is 28.6 Å². The number of aromatic hydroxyl groups is 1. The monoisotopic (exact) mass is 894 g/mol. The molecule has 15 nitrogen and oxygen atoms in total. The Balaban J connectivity index is 0.706. The Hall–Kier alpha value is -5.97. The van der Waals surface area contributed by atoms with E-state index in [9.17, 15) is 19.5 Å². The van der Waals surface area contributed by atoms with E-state index >= 15 is 4.39 Å². The highest BCUT2D eigenvalue weighted by Gasteiger charge is 2.48. The molecular formula is C50H55FN10O5. The molecule has 7 aliphatic rings. The summed E-state index contributed by atoms with van der Waals surface area (Å²) in [5.74, 6) is -0.665. The van der Waals surface area contributed by atoms with Crippen molar-refractivity contribution >= 4 is 50.9 Å². The van der Waals surface area contributed by atoms with Gasteiger partial charge in [0.1, 0.15) is 28.8 Å². The van der Waals surface area contributed by atoms with Crippen molar-refractivity contribution in [1.29, 1.82) is 0 Å². The lowest BCUT2D eigenvalue weighted by molar-refractivity contribution is -0.136. The predicted octanol–water partition coefficient (Wildman–Crippen LogP) is 4.62. The molecule has 8 heterocycles. The number of phenols is 1. The molecule has 2 aromatic heterocycles. The van der Waals surface area contributed by atoms with Crippen molar-refractivity contribution in [2.45, 2.75) is 82.6 Å². The first-order valence-electron chi connectivity index (χ1n) is 23.8. The molecular weight excluding hydrogens is 840 g/mol. The minimum absolute atomic E-state index is 0.00196. The van der Waals surface area contributed by atoms with Crippen molar-refractivity contribution in [3.8, 4) is 23.0 Å². The molecule has 3 amide bonds. The average molecular weight is 895 g/mol. The number of piperazine rings is 2. The Bertz CT molecular complexity index is 2790. The van der Waals surface area contributed by atoms with Gasteiger partial charge in [0, 0.05) is 118 Å². The summed E-state index contributed by atoms with van der Waals surface area (Å²) in [5.41, 5.74) is 4.57. The number of aryl methyl sites for hydroxylation is 1. The SMILES string of the molecule is CCc1cccc2cc(O)cc(-c3ncc4c(N5CC6CCC(C5)N6)nc(OCC5(CN6CC(N7CCN(c8ccc9c(c8)CN(C8CCC(=O)NC8=O)C9=O)CC7)C6)CC5)nc4c3F)c12. The van der Waals surface area contributed by atoms with Crippen LogP contribution in [0.5, 0.6) is 11.8 Å². The predicted molar refractivity (Wildman–Crippen MR) is 247 cm³/mol. The first-order chi connectivity index (χ1) is 32.1. The van der Waals surface area contributed by atoms with Crippen LogP contribution in [0.1, 0.15) is 66.9 Å². The third-order valence-corrected chi connectivity index (χ3v) is 15.5.